The zero-order valence-electron chi connectivity index (χ0n) is 19.8. The third-order valence-corrected chi connectivity index (χ3v) is 9.59. The van der Waals surface area contributed by atoms with Crippen molar-refractivity contribution in [2.24, 2.45) is 29.1 Å². The Balaban J connectivity index is 1.22. The largest absolute Gasteiger partial charge is 0.344 e. The van der Waals surface area contributed by atoms with E-state index in [0.29, 0.717) is 43.9 Å². The summed E-state index contributed by atoms with van der Waals surface area (Å²) in [6.45, 7) is 6.60. The topological polar surface area (TPSA) is 76.4 Å². The van der Waals surface area contributed by atoms with E-state index in [2.05, 4.69) is 16.3 Å². The van der Waals surface area contributed by atoms with E-state index in [1.165, 1.54) is 19.3 Å². The summed E-state index contributed by atoms with van der Waals surface area (Å²) in [4.78, 5) is 32.2. The second kappa shape index (κ2) is 9.03. The molecule has 1 aromatic rings. The van der Waals surface area contributed by atoms with Gasteiger partial charge < -0.3 is 10.2 Å². The van der Waals surface area contributed by atoms with E-state index in [1.54, 1.807) is 11.3 Å². The molecule has 1 saturated heterocycles. The molecule has 7 heteroatoms. The zero-order chi connectivity index (χ0) is 23.2. The van der Waals surface area contributed by atoms with Crippen molar-refractivity contribution in [2.75, 3.05) is 26.2 Å². The van der Waals surface area contributed by atoms with Gasteiger partial charge in [0.25, 0.3) is 0 Å². The molecule has 4 aliphatic carbocycles. The summed E-state index contributed by atoms with van der Waals surface area (Å²) in [7, 11) is 0. The number of nitriles is 1. The van der Waals surface area contributed by atoms with Crippen molar-refractivity contribution in [2.45, 2.75) is 64.5 Å². The van der Waals surface area contributed by atoms with Gasteiger partial charge in [-0.15, -0.1) is 11.3 Å². The minimum atomic E-state index is -0.471. The molecular weight excluding hydrogens is 432 g/mol. The number of thiophene rings is 1. The fourth-order valence-corrected chi connectivity index (χ4v) is 8.17. The molecule has 5 fully saturated rings. The van der Waals surface area contributed by atoms with Gasteiger partial charge in [-0.1, -0.05) is 19.9 Å². The van der Waals surface area contributed by atoms with Gasteiger partial charge in [0, 0.05) is 36.5 Å². The van der Waals surface area contributed by atoms with E-state index >= 15 is 0 Å². The van der Waals surface area contributed by atoms with E-state index in [-0.39, 0.29) is 29.2 Å². The summed E-state index contributed by atoms with van der Waals surface area (Å²) in [6.07, 6.45) is 6.96. The molecule has 0 spiro atoms. The highest BCUT2D eigenvalue weighted by molar-refractivity contribution is 7.10. The van der Waals surface area contributed by atoms with Crippen LogP contribution in [0.5, 0.6) is 0 Å². The fourth-order valence-electron chi connectivity index (χ4n) is 7.37. The Morgan fingerprint density at radius 1 is 1.09 bits per heavy atom. The van der Waals surface area contributed by atoms with Crippen molar-refractivity contribution >= 4 is 23.2 Å². The lowest BCUT2D eigenvalue weighted by Crippen LogP contribution is -2.60. The Hall–Kier alpha value is -1.91. The minimum Gasteiger partial charge on any atom is -0.344 e. The summed E-state index contributed by atoms with van der Waals surface area (Å²) in [6, 6.07) is 5.68. The van der Waals surface area contributed by atoms with Gasteiger partial charge in [-0.2, -0.15) is 5.26 Å². The van der Waals surface area contributed by atoms with Crippen molar-refractivity contribution in [3.63, 3.8) is 0 Å². The number of carbonyl (C=O) groups is 2. The van der Waals surface area contributed by atoms with Crippen molar-refractivity contribution in [3.05, 3.63) is 22.4 Å². The number of nitrogens with zero attached hydrogens (tertiary/aromatic N) is 3. The Morgan fingerprint density at radius 3 is 2.18 bits per heavy atom. The monoisotopic (exact) mass is 468 g/mol. The minimum absolute atomic E-state index is 0.0346. The highest BCUT2D eigenvalue weighted by atomic mass is 32.1. The van der Waals surface area contributed by atoms with Crippen molar-refractivity contribution in [3.8, 4) is 6.07 Å². The molecule has 1 aromatic heterocycles. The second-order valence-electron chi connectivity index (χ2n) is 11.3. The average molecular weight is 469 g/mol. The molecule has 0 aromatic carbocycles. The molecule has 2 heterocycles. The zero-order valence-corrected chi connectivity index (χ0v) is 20.7. The number of carbonyl (C=O) groups excluding carboxylic acids is 2. The van der Waals surface area contributed by atoms with Crippen LogP contribution >= 0.6 is 11.3 Å². The van der Waals surface area contributed by atoms with Crippen LogP contribution in [-0.2, 0) is 9.59 Å². The summed E-state index contributed by atoms with van der Waals surface area (Å²) in [5.74, 6) is 2.34. The van der Waals surface area contributed by atoms with E-state index in [9.17, 15) is 14.9 Å². The molecule has 4 bridgehead atoms. The predicted molar refractivity (Wildman–Crippen MR) is 128 cm³/mol. The van der Waals surface area contributed by atoms with Crippen LogP contribution in [0.4, 0.5) is 0 Å². The molecule has 0 unspecified atom stereocenters. The Labute approximate surface area is 201 Å². The molecule has 0 radical (unpaired) electrons. The van der Waals surface area contributed by atoms with Crippen LogP contribution in [0.25, 0.3) is 0 Å². The molecule has 5 aliphatic rings. The van der Waals surface area contributed by atoms with Crippen molar-refractivity contribution < 1.29 is 9.59 Å². The van der Waals surface area contributed by atoms with Gasteiger partial charge in [0.15, 0.2) is 0 Å². The number of rotatable bonds is 6. The van der Waals surface area contributed by atoms with Gasteiger partial charge in [0.1, 0.15) is 12.1 Å². The van der Waals surface area contributed by atoms with Crippen molar-refractivity contribution in [1.29, 1.82) is 5.26 Å². The summed E-state index contributed by atoms with van der Waals surface area (Å²) in [5.41, 5.74) is -0.235. The standard InChI is InChI=1S/C26H36N4O2S/c1-17(2)23(28-25(32)26-13-18-10-19(14-26)12-20(11-18)15-26)24(31)30-7-5-29(6-8-30)21(16-27)22-4-3-9-33-22/h3-4,9,17-21,23H,5-8,10-15H2,1-2H3,(H,28,32)/t18?,19?,20?,21-,23+,26?/m1/s1. The van der Waals surface area contributed by atoms with Crippen molar-refractivity contribution in [1.82, 2.24) is 15.1 Å². The van der Waals surface area contributed by atoms with E-state index in [1.807, 2.05) is 36.3 Å². The number of piperazine rings is 1. The number of hydrogen-bond donors (Lipinski definition) is 1. The number of hydrogen-bond acceptors (Lipinski definition) is 5. The SMILES string of the molecule is CC(C)[C@H](NC(=O)C12CC3CC(CC(C3)C1)C2)C(=O)N1CCN([C@H](C#N)c2cccs2)CC1. The molecule has 2 atom stereocenters. The fraction of sp³-hybridized carbons (Fsp3) is 0.731. The quantitative estimate of drug-likeness (QED) is 0.689. The molecule has 2 amide bonds. The summed E-state index contributed by atoms with van der Waals surface area (Å²) in [5, 5.41) is 14.9. The smallest absolute Gasteiger partial charge is 0.245 e. The van der Waals surface area contributed by atoms with Gasteiger partial charge in [0.2, 0.25) is 11.8 Å². The summed E-state index contributed by atoms with van der Waals surface area (Å²) >= 11 is 1.60. The molecule has 1 aliphatic heterocycles. The first-order chi connectivity index (χ1) is 15.9. The van der Waals surface area contributed by atoms with Gasteiger partial charge in [-0.25, -0.2) is 0 Å². The van der Waals surface area contributed by atoms with Crippen LogP contribution in [-0.4, -0.2) is 53.8 Å². The predicted octanol–water partition coefficient (Wildman–Crippen LogP) is 3.81. The Morgan fingerprint density at radius 2 is 1.70 bits per heavy atom. The summed E-state index contributed by atoms with van der Waals surface area (Å²) < 4.78 is 0. The third kappa shape index (κ3) is 4.33. The highest BCUT2D eigenvalue weighted by Crippen LogP contribution is 2.60. The van der Waals surface area contributed by atoms with Crippen LogP contribution in [0.3, 0.4) is 0 Å². The second-order valence-corrected chi connectivity index (χ2v) is 12.3. The van der Waals surface area contributed by atoms with Crippen LogP contribution in [0.1, 0.15) is 63.3 Å². The van der Waals surface area contributed by atoms with Gasteiger partial charge in [0.05, 0.1) is 6.07 Å². The van der Waals surface area contributed by atoms with Gasteiger partial charge in [-0.05, 0) is 73.6 Å². The first-order valence-corrected chi connectivity index (χ1v) is 13.5. The molecule has 6 rings (SSSR count). The van der Waals surface area contributed by atoms with E-state index in [0.717, 1.165) is 24.1 Å². The lowest BCUT2D eigenvalue weighted by Gasteiger charge is -2.56. The highest BCUT2D eigenvalue weighted by Gasteiger charge is 2.55. The Kier molecular flexibility index (Phi) is 6.26. The average Bonchev–Trinajstić information content (AvgIpc) is 3.31. The first-order valence-electron chi connectivity index (χ1n) is 12.7. The Bertz CT molecular complexity index is 878. The van der Waals surface area contributed by atoms with Crippen LogP contribution in [0.2, 0.25) is 0 Å². The molecule has 178 valence electrons. The molecule has 6 nitrogen and oxygen atoms in total. The number of amides is 2. The molecular formula is C26H36N4O2S. The van der Waals surface area contributed by atoms with Crippen LogP contribution < -0.4 is 5.32 Å². The molecule has 1 N–H and O–H groups in total. The third-order valence-electron chi connectivity index (χ3n) is 8.67. The molecule has 4 saturated carbocycles. The van der Waals surface area contributed by atoms with Gasteiger partial charge >= 0.3 is 0 Å². The lowest BCUT2D eigenvalue weighted by molar-refractivity contribution is -0.151. The van der Waals surface area contributed by atoms with Crippen LogP contribution in [0, 0.1) is 40.4 Å². The maximum atomic E-state index is 13.6. The van der Waals surface area contributed by atoms with Gasteiger partial charge in [-0.3, -0.25) is 14.5 Å². The number of nitrogens with one attached hydrogen (secondary N) is 1. The maximum absolute atomic E-state index is 13.6. The molecule has 33 heavy (non-hydrogen) atoms. The van der Waals surface area contributed by atoms with E-state index < -0.39 is 6.04 Å². The van der Waals surface area contributed by atoms with E-state index in [4.69, 9.17) is 0 Å². The maximum Gasteiger partial charge on any atom is 0.245 e. The normalized spacial score (nSPS) is 33.0. The van der Waals surface area contributed by atoms with Crippen LogP contribution in [0.15, 0.2) is 17.5 Å². The lowest BCUT2D eigenvalue weighted by atomic mass is 9.49. The first kappa shape index (κ1) is 22.9.